The summed E-state index contributed by atoms with van der Waals surface area (Å²) in [6.07, 6.45) is -0.726. The highest BCUT2D eigenvalue weighted by Crippen LogP contribution is 2.17. The minimum Gasteiger partial charge on any atom is -0.389 e. The smallest absolute Gasteiger partial charge is 0.251 e. The van der Waals surface area contributed by atoms with Crippen LogP contribution >= 0.6 is 11.6 Å². The van der Waals surface area contributed by atoms with Crippen LogP contribution in [-0.4, -0.2) is 42.4 Å². The standard InChI is InChI=1S/C13H19ClN2O3/c1-8(2)11-4-9(5-12(14)16-11)13(18)15-6-10(17)7-19-3/h4-5,8,10,17H,6-7H2,1-3H3,(H,15,18). The van der Waals surface area contributed by atoms with E-state index in [0.29, 0.717) is 5.56 Å². The van der Waals surface area contributed by atoms with E-state index in [1.54, 1.807) is 6.07 Å². The second-order valence-corrected chi connectivity index (χ2v) is 4.96. The van der Waals surface area contributed by atoms with Crippen molar-refractivity contribution < 1.29 is 14.6 Å². The molecule has 2 N–H and O–H groups in total. The molecule has 0 aliphatic heterocycles. The van der Waals surface area contributed by atoms with Crippen molar-refractivity contribution in [2.24, 2.45) is 0 Å². The predicted molar refractivity (Wildman–Crippen MR) is 73.6 cm³/mol. The van der Waals surface area contributed by atoms with E-state index >= 15 is 0 Å². The molecule has 0 radical (unpaired) electrons. The minimum atomic E-state index is -0.726. The first kappa shape index (κ1) is 15.9. The van der Waals surface area contributed by atoms with Gasteiger partial charge in [-0.15, -0.1) is 0 Å². The van der Waals surface area contributed by atoms with Crippen molar-refractivity contribution in [3.8, 4) is 0 Å². The lowest BCUT2D eigenvalue weighted by Crippen LogP contribution is -2.34. The number of nitrogens with zero attached hydrogens (tertiary/aromatic N) is 1. The van der Waals surface area contributed by atoms with Gasteiger partial charge >= 0.3 is 0 Å². The Hall–Kier alpha value is -1.17. The summed E-state index contributed by atoms with van der Waals surface area (Å²) in [5.41, 5.74) is 1.20. The maximum Gasteiger partial charge on any atom is 0.251 e. The molecule has 5 nitrogen and oxygen atoms in total. The highest BCUT2D eigenvalue weighted by Gasteiger charge is 2.12. The number of nitrogens with one attached hydrogen (secondary N) is 1. The van der Waals surface area contributed by atoms with Crippen molar-refractivity contribution >= 4 is 17.5 Å². The Morgan fingerprint density at radius 2 is 2.21 bits per heavy atom. The highest BCUT2D eigenvalue weighted by molar-refractivity contribution is 6.29. The van der Waals surface area contributed by atoms with Gasteiger partial charge in [-0.05, 0) is 18.1 Å². The maximum absolute atomic E-state index is 11.9. The molecular weight excluding hydrogens is 268 g/mol. The molecule has 1 atom stereocenters. The SMILES string of the molecule is COCC(O)CNC(=O)c1cc(Cl)nc(C(C)C)c1. The van der Waals surface area contributed by atoms with Gasteiger partial charge in [0.2, 0.25) is 0 Å². The van der Waals surface area contributed by atoms with E-state index in [4.69, 9.17) is 16.3 Å². The summed E-state index contributed by atoms with van der Waals surface area (Å²) in [5.74, 6) is -0.106. The van der Waals surface area contributed by atoms with Crippen LogP contribution in [0.3, 0.4) is 0 Å². The maximum atomic E-state index is 11.9. The van der Waals surface area contributed by atoms with Crippen LogP contribution < -0.4 is 5.32 Å². The molecule has 0 aromatic carbocycles. The zero-order valence-corrected chi connectivity index (χ0v) is 12.1. The topological polar surface area (TPSA) is 71.5 Å². The van der Waals surface area contributed by atoms with Crippen LogP contribution in [-0.2, 0) is 4.74 Å². The number of ether oxygens (including phenoxy) is 1. The fourth-order valence-electron chi connectivity index (χ4n) is 1.51. The van der Waals surface area contributed by atoms with Gasteiger partial charge in [-0.1, -0.05) is 25.4 Å². The van der Waals surface area contributed by atoms with Crippen molar-refractivity contribution in [1.82, 2.24) is 10.3 Å². The van der Waals surface area contributed by atoms with Crippen molar-refractivity contribution in [2.75, 3.05) is 20.3 Å². The van der Waals surface area contributed by atoms with Crippen molar-refractivity contribution in [3.63, 3.8) is 0 Å². The van der Waals surface area contributed by atoms with Crippen LogP contribution in [0.2, 0.25) is 5.15 Å². The number of aromatic nitrogens is 1. The molecule has 1 aromatic heterocycles. The lowest BCUT2D eigenvalue weighted by atomic mass is 10.1. The van der Waals surface area contributed by atoms with Crippen molar-refractivity contribution in [3.05, 3.63) is 28.5 Å². The molecule has 1 unspecified atom stereocenters. The average Bonchev–Trinajstić information content (AvgIpc) is 2.35. The van der Waals surface area contributed by atoms with Crippen molar-refractivity contribution in [2.45, 2.75) is 25.9 Å². The van der Waals surface area contributed by atoms with Crippen LogP contribution in [0, 0.1) is 0 Å². The van der Waals surface area contributed by atoms with Gasteiger partial charge in [0, 0.05) is 24.9 Å². The zero-order valence-electron chi connectivity index (χ0n) is 11.3. The Kier molecular flexibility index (Phi) is 6.21. The van der Waals surface area contributed by atoms with E-state index < -0.39 is 6.10 Å². The first-order chi connectivity index (χ1) is 8.93. The summed E-state index contributed by atoms with van der Waals surface area (Å²) in [6.45, 7) is 4.25. The summed E-state index contributed by atoms with van der Waals surface area (Å²) >= 11 is 5.89. The Balaban J connectivity index is 2.71. The number of rotatable bonds is 6. The molecule has 1 heterocycles. The third-order valence-electron chi connectivity index (χ3n) is 2.52. The van der Waals surface area contributed by atoms with Gasteiger partial charge in [0.15, 0.2) is 0 Å². The molecule has 0 fully saturated rings. The van der Waals surface area contributed by atoms with Crippen LogP contribution in [0.4, 0.5) is 0 Å². The fraction of sp³-hybridized carbons (Fsp3) is 0.538. The molecule has 106 valence electrons. The number of methoxy groups -OCH3 is 1. The number of pyridine rings is 1. The lowest BCUT2D eigenvalue weighted by Gasteiger charge is -2.12. The predicted octanol–water partition coefficient (Wildman–Crippen LogP) is 1.60. The molecule has 0 aliphatic carbocycles. The molecule has 1 amide bonds. The Morgan fingerprint density at radius 3 is 2.79 bits per heavy atom. The molecule has 19 heavy (non-hydrogen) atoms. The van der Waals surface area contributed by atoms with Gasteiger partial charge in [-0.3, -0.25) is 4.79 Å². The van der Waals surface area contributed by atoms with Gasteiger partial charge < -0.3 is 15.2 Å². The summed E-state index contributed by atoms with van der Waals surface area (Å²) in [4.78, 5) is 16.1. The van der Waals surface area contributed by atoms with Crippen LogP contribution in [0.5, 0.6) is 0 Å². The Morgan fingerprint density at radius 1 is 1.53 bits per heavy atom. The van der Waals surface area contributed by atoms with Gasteiger partial charge in [-0.25, -0.2) is 4.98 Å². The summed E-state index contributed by atoms with van der Waals surface area (Å²) in [5, 5.41) is 12.4. The zero-order chi connectivity index (χ0) is 14.4. The van der Waals surface area contributed by atoms with Crippen LogP contribution in [0.25, 0.3) is 0 Å². The van der Waals surface area contributed by atoms with E-state index in [1.807, 2.05) is 13.8 Å². The second-order valence-electron chi connectivity index (χ2n) is 4.58. The van der Waals surface area contributed by atoms with Crippen LogP contribution in [0.15, 0.2) is 12.1 Å². The first-order valence-corrected chi connectivity index (χ1v) is 6.44. The van der Waals surface area contributed by atoms with Gasteiger partial charge in [0.25, 0.3) is 5.91 Å². The highest BCUT2D eigenvalue weighted by atomic mass is 35.5. The fourth-order valence-corrected chi connectivity index (χ4v) is 1.72. The number of halogens is 1. The summed E-state index contributed by atoms with van der Waals surface area (Å²) in [6, 6.07) is 3.21. The van der Waals surface area contributed by atoms with Crippen molar-refractivity contribution in [1.29, 1.82) is 0 Å². The molecule has 0 saturated heterocycles. The molecule has 0 aliphatic rings. The van der Waals surface area contributed by atoms with E-state index in [1.165, 1.54) is 13.2 Å². The molecule has 0 bridgehead atoms. The van der Waals surface area contributed by atoms with E-state index in [0.717, 1.165) is 5.69 Å². The Bertz CT molecular complexity index is 438. The van der Waals surface area contributed by atoms with E-state index in [-0.39, 0.29) is 30.1 Å². The van der Waals surface area contributed by atoms with Gasteiger partial charge in [0.1, 0.15) is 5.15 Å². The van der Waals surface area contributed by atoms with Gasteiger partial charge in [0.05, 0.1) is 12.7 Å². The normalized spacial score (nSPS) is 12.5. The summed E-state index contributed by atoms with van der Waals surface area (Å²) < 4.78 is 4.78. The minimum absolute atomic E-state index is 0.129. The third-order valence-corrected chi connectivity index (χ3v) is 2.72. The number of hydrogen-bond acceptors (Lipinski definition) is 4. The monoisotopic (exact) mass is 286 g/mol. The molecule has 6 heteroatoms. The molecule has 1 rings (SSSR count). The second kappa shape index (κ2) is 7.43. The number of aliphatic hydroxyl groups is 1. The molecule has 0 spiro atoms. The van der Waals surface area contributed by atoms with Crippen LogP contribution in [0.1, 0.15) is 35.8 Å². The number of amides is 1. The average molecular weight is 287 g/mol. The number of carbonyl (C=O) groups is 1. The largest absolute Gasteiger partial charge is 0.389 e. The van der Waals surface area contributed by atoms with E-state index in [9.17, 15) is 9.90 Å². The first-order valence-electron chi connectivity index (χ1n) is 6.06. The van der Waals surface area contributed by atoms with E-state index in [2.05, 4.69) is 10.3 Å². The molecular formula is C13H19ClN2O3. The number of carbonyl (C=O) groups excluding carboxylic acids is 1. The quantitative estimate of drug-likeness (QED) is 0.779. The molecule has 1 aromatic rings. The third kappa shape index (κ3) is 5.14. The van der Waals surface area contributed by atoms with Gasteiger partial charge in [-0.2, -0.15) is 0 Å². The number of aliphatic hydroxyl groups excluding tert-OH is 1. The molecule has 0 saturated carbocycles. The Labute approximate surface area is 117 Å². The summed E-state index contributed by atoms with van der Waals surface area (Å²) in [7, 11) is 1.49. The number of hydrogen-bond donors (Lipinski definition) is 2. The lowest BCUT2D eigenvalue weighted by molar-refractivity contribution is 0.0610.